The molecule has 0 radical (unpaired) electrons. The summed E-state index contributed by atoms with van der Waals surface area (Å²) < 4.78 is 16.3. The summed E-state index contributed by atoms with van der Waals surface area (Å²) in [5, 5.41) is 0. The van der Waals surface area contributed by atoms with E-state index in [-0.39, 0.29) is 5.82 Å². The second kappa shape index (κ2) is 5.26. The van der Waals surface area contributed by atoms with Crippen molar-refractivity contribution < 1.29 is 4.39 Å². The number of nitrogen functional groups attached to an aromatic ring is 1. The molecule has 0 unspecified atom stereocenters. The number of aromatic nitrogens is 2. The largest absolute Gasteiger partial charge is 0.369 e. The van der Waals surface area contributed by atoms with E-state index in [0.29, 0.717) is 15.4 Å². The molecule has 1 aliphatic rings. The Bertz CT molecular complexity index is 602. The maximum atomic E-state index is 13.7. The molecular weight excluding hydrogens is 356 g/mol. The number of benzene rings is 1. The van der Waals surface area contributed by atoms with Crippen molar-refractivity contribution in [3.05, 3.63) is 21.5 Å². The van der Waals surface area contributed by atoms with Crippen LogP contribution in [0.1, 0.15) is 32.1 Å². The van der Waals surface area contributed by atoms with E-state index in [1.165, 1.54) is 32.1 Å². The predicted octanol–water partition coefficient (Wildman–Crippen LogP) is 3.94. The topological polar surface area (TPSA) is 43.8 Å². The SMILES string of the molecule is Nc1nc2cc(I)c(F)cc2n1CC1CCCCC1. The van der Waals surface area contributed by atoms with Gasteiger partial charge in [0.1, 0.15) is 5.82 Å². The fourth-order valence-electron chi connectivity index (χ4n) is 2.96. The fourth-order valence-corrected chi connectivity index (χ4v) is 3.41. The lowest BCUT2D eigenvalue weighted by Crippen LogP contribution is -2.15. The molecule has 2 N–H and O–H groups in total. The van der Waals surface area contributed by atoms with Crippen LogP contribution < -0.4 is 5.73 Å². The van der Waals surface area contributed by atoms with Crippen LogP contribution in [0.3, 0.4) is 0 Å². The molecule has 1 saturated carbocycles. The van der Waals surface area contributed by atoms with Gasteiger partial charge in [0.05, 0.1) is 14.6 Å². The summed E-state index contributed by atoms with van der Waals surface area (Å²) in [7, 11) is 0. The first-order chi connectivity index (χ1) is 9.15. The van der Waals surface area contributed by atoms with Crippen LogP contribution in [0.4, 0.5) is 10.3 Å². The van der Waals surface area contributed by atoms with Gasteiger partial charge in [-0.2, -0.15) is 0 Å². The Morgan fingerprint density at radius 1 is 1.32 bits per heavy atom. The number of halogens is 2. The number of hydrogen-bond donors (Lipinski definition) is 1. The molecule has 0 saturated heterocycles. The fraction of sp³-hybridized carbons (Fsp3) is 0.500. The van der Waals surface area contributed by atoms with Crippen molar-refractivity contribution in [3.8, 4) is 0 Å². The monoisotopic (exact) mass is 373 g/mol. The Kier molecular flexibility index (Phi) is 3.64. The summed E-state index contributed by atoms with van der Waals surface area (Å²) in [6.45, 7) is 0.863. The average molecular weight is 373 g/mol. The maximum absolute atomic E-state index is 13.7. The van der Waals surface area contributed by atoms with Gasteiger partial charge in [-0.05, 0) is 47.4 Å². The molecule has 0 aliphatic heterocycles. The Morgan fingerprint density at radius 2 is 2.05 bits per heavy atom. The number of anilines is 1. The summed E-state index contributed by atoms with van der Waals surface area (Å²) in [5.41, 5.74) is 7.61. The number of nitrogens with zero attached hydrogens (tertiary/aromatic N) is 2. The first-order valence-electron chi connectivity index (χ1n) is 6.76. The van der Waals surface area contributed by atoms with E-state index in [1.807, 2.05) is 27.2 Å². The van der Waals surface area contributed by atoms with Gasteiger partial charge in [-0.15, -0.1) is 0 Å². The Morgan fingerprint density at radius 3 is 2.79 bits per heavy atom. The molecule has 3 nitrogen and oxygen atoms in total. The summed E-state index contributed by atoms with van der Waals surface area (Å²) in [5.74, 6) is 0.954. The number of fused-ring (bicyclic) bond motifs is 1. The van der Waals surface area contributed by atoms with E-state index in [9.17, 15) is 4.39 Å². The smallest absolute Gasteiger partial charge is 0.201 e. The summed E-state index contributed by atoms with van der Waals surface area (Å²) >= 11 is 1.98. The highest BCUT2D eigenvalue weighted by atomic mass is 127. The first kappa shape index (κ1) is 13.1. The zero-order valence-electron chi connectivity index (χ0n) is 10.7. The number of hydrogen-bond acceptors (Lipinski definition) is 2. The lowest BCUT2D eigenvalue weighted by molar-refractivity contribution is 0.323. The molecule has 1 heterocycles. The van der Waals surface area contributed by atoms with Gasteiger partial charge in [0.25, 0.3) is 0 Å². The highest BCUT2D eigenvalue weighted by Crippen LogP contribution is 2.29. The summed E-state index contributed by atoms with van der Waals surface area (Å²) in [6, 6.07) is 3.32. The van der Waals surface area contributed by atoms with Crippen molar-refractivity contribution >= 4 is 39.6 Å². The van der Waals surface area contributed by atoms with Gasteiger partial charge in [-0.3, -0.25) is 0 Å². The van der Waals surface area contributed by atoms with E-state index in [4.69, 9.17) is 5.73 Å². The molecule has 102 valence electrons. The van der Waals surface area contributed by atoms with Gasteiger partial charge in [-0.1, -0.05) is 19.3 Å². The van der Waals surface area contributed by atoms with Crippen LogP contribution in [0.25, 0.3) is 11.0 Å². The Labute approximate surface area is 125 Å². The van der Waals surface area contributed by atoms with E-state index >= 15 is 0 Å². The van der Waals surface area contributed by atoms with Crippen LogP contribution >= 0.6 is 22.6 Å². The van der Waals surface area contributed by atoms with E-state index in [0.717, 1.165) is 17.6 Å². The van der Waals surface area contributed by atoms with Crippen LogP contribution in [0.15, 0.2) is 12.1 Å². The van der Waals surface area contributed by atoms with E-state index in [2.05, 4.69) is 4.98 Å². The lowest BCUT2D eigenvalue weighted by atomic mass is 9.89. The van der Waals surface area contributed by atoms with Crippen molar-refractivity contribution in [3.63, 3.8) is 0 Å². The zero-order valence-corrected chi connectivity index (χ0v) is 12.9. The molecule has 0 amide bonds. The Hall–Kier alpha value is -0.850. The minimum absolute atomic E-state index is 0.196. The molecule has 0 bridgehead atoms. The van der Waals surface area contributed by atoms with Crippen LogP contribution in [0, 0.1) is 15.3 Å². The lowest BCUT2D eigenvalue weighted by Gasteiger charge is -2.22. The third kappa shape index (κ3) is 2.57. The molecule has 2 aromatic rings. The van der Waals surface area contributed by atoms with Crippen molar-refractivity contribution in [2.24, 2.45) is 5.92 Å². The zero-order chi connectivity index (χ0) is 13.4. The number of nitrogens with two attached hydrogens (primary N) is 1. The molecule has 0 spiro atoms. The summed E-state index contributed by atoms with van der Waals surface area (Å²) in [4.78, 5) is 4.35. The van der Waals surface area contributed by atoms with Gasteiger partial charge in [0, 0.05) is 12.6 Å². The van der Waals surface area contributed by atoms with Gasteiger partial charge in [0.2, 0.25) is 5.95 Å². The molecule has 1 aromatic heterocycles. The number of imidazole rings is 1. The van der Waals surface area contributed by atoms with Crippen molar-refractivity contribution in [2.45, 2.75) is 38.6 Å². The third-order valence-electron chi connectivity index (χ3n) is 3.99. The first-order valence-corrected chi connectivity index (χ1v) is 7.84. The van der Waals surface area contributed by atoms with Gasteiger partial charge < -0.3 is 10.3 Å². The highest BCUT2D eigenvalue weighted by molar-refractivity contribution is 14.1. The van der Waals surface area contributed by atoms with Crippen molar-refractivity contribution in [2.75, 3.05) is 5.73 Å². The quantitative estimate of drug-likeness (QED) is 0.811. The third-order valence-corrected chi connectivity index (χ3v) is 4.81. The van der Waals surface area contributed by atoms with E-state index < -0.39 is 0 Å². The van der Waals surface area contributed by atoms with Gasteiger partial charge >= 0.3 is 0 Å². The predicted molar refractivity (Wildman–Crippen MR) is 83.4 cm³/mol. The number of rotatable bonds is 2. The van der Waals surface area contributed by atoms with Gasteiger partial charge in [0.15, 0.2) is 0 Å². The maximum Gasteiger partial charge on any atom is 0.201 e. The van der Waals surface area contributed by atoms with Crippen LogP contribution in [0.5, 0.6) is 0 Å². The molecule has 1 fully saturated rings. The van der Waals surface area contributed by atoms with Crippen molar-refractivity contribution in [1.82, 2.24) is 9.55 Å². The van der Waals surface area contributed by atoms with E-state index in [1.54, 1.807) is 12.1 Å². The molecule has 5 heteroatoms. The minimum Gasteiger partial charge on any atom is -0.369 e. The van der Waals surface area contributed by atoms with Crippen molar-refractivity contribution in [1.29, 1.82) is 0 Å². The highest BCUT2D eigenvalue weighted by Gasteiger charge is 2.18. The normalized spacial score (nSPS) is 17.2. The molecule has 0 atom stereocenters. The standard InChI is InChI=1S/C14H17FIN3/c15-10-6-13-12(7-11(10)16)18-14(17)19(13)8-9-4-2-1-3-5-9/h6-7,9H,1-5,8H2,(H2,17,18). The summed E-state index contributed by atoms with van der Waals surface area (Å²) in [6.07, 6.45) is 6.41. The molecular formula is C14H17FIN3. The van der Waals surface area contributed by atoms with Crippen LogP contribution in [-0.4, -0.2) is 9.55 Å². The second-order valence-corrected chi connectivity index (χ2v) is 6.50. The average Bonchev–Trinajstić information content (AvgIpc) is 2.68. The second-order valence-electron chi connectivity index (χ2n) is 5.34. The van der Waals surface area contributed by atoms with Crippen LogP contribution in [-0.2, 0) is 6.54 Å². The minimum atomic E-state index is -0.196. The van der Waals surface area contributed by atoms with Gasteiger partial charge in [-0.25, -0.2) is 9.37 Å². The van der Waals surface area contributed by atoms with Crippen LogP contribution in [0.2, 0.25) is 0 Å². The molecule has 3 rings (SSSR count). The molecule has 1 aromatic carbocycles. The molecule has 19 heavy (non-hydrogen) atoms. The molecule has 1 aliphatic carbocycles. The Balaban J connectivity index is 1.97.